The molecule has 2 heterocycles. The quantitative estimate of drug-likeness (QED) is 0.760. The molecule has 6 nitrogen and oxygen atoms in total. The highest BCUT2D eigenvalue weighted by molar-refractivity contribution is 7.89. The molecule has 0 unspecified atom stereocenters. The highest BCUT2D eigenvalue weighted by Crippen LogP contribution is 2.30. The van der Waals surface area contributed by atoms with Crippen LogP contribution < -0.4 is 5.14 Å². The van der Waals surface area contributed by atoms with Crippen LogP contribution in [0.3, 0.4) is 0 Å². The lowest BCUT2D eigenvalue weighted by Gasteiger charge is -2.00. The molecule has 3 aromatic rings. The number of aryl methyl sites for hydroxylation is 1. The van der Waals surface area contributed by atoms with Crippen molar-refractivity contribution in [1.82, 2.24) is 9.97 Å². The Balaban J connectivity index is 2.21. The van der Waals surface area contributed by atoms with Crippen LogP contribution in [-0.4, -0.2) is 18.4 Å². The Kier molecular flexibility index (Phi) is 3.83. The standard InChI is InChI=1S/C16H13FN4O2S/c1-2-9-5-15-11(6-13(9)17)12(7-18)16(21-15)14-4-3-10(8-20-14)24(19,22)23/h3-6,8,21H,2H2,1H3,(H2,19,22,23). The molecular weight excluding hydrogens is 331 g/mol. The second kappa shape index (κ2) is 5.70. The molecule has 0 spiro atoms. The molecule has 0 saturated heterocycles. The van der Waals surface area contributed by atoms with Crippen LogP contribution in [0.15, 0.2) is 35.4 Å². The first-order chi connectivity index (χ1) is 11.3. The number of primary sulfonamides is 1. The van der Waals surface area contributed by atoms with Crippen molar-refractivity contribution in [2.24, 2.45) is 5.14 Å². The van der Waals surface area contributed by atoms with Crippen molar-refractivity contribution >= 4 is 20.9 Å². The third-order valence-electron chi connectivity index (χ3n) is 3.78. The minimum absolute atomic E-state index is 0.125. The number of aromatic nitrogens is 2. The number of halogens is 1. The van der Waals surface area contributed by atoms with Crippen molar-refractivity contribution in [3.63, 3.8) is 0 Å². The SMILES string of the molecule is CCc1cc2[nH]c(-c3ccc(S(N)(=O)=O)cn3)c(C#N)c2cc1F. The van der Waals surface area contributed by atoms with Crippen LogP contribution in [0.2, 0.25) is 0 Å². The van der Waals surface area contributed by atoms with Gasteiger partial charge in [-0.25, -0.2) is 17.9 Å². The molecule has 3 rings (SSSR count). The van der Waals surface area contributed by atoms with E-state index in [9.17, 15) is 18.1 Å². The Morgan fingerprint density at radius 1 is 1.38 bits per heavy atom. The fourth-order valence-electron chi connectivity index (χ4n) is 2.54. The molecule has 3 N–H and O–H groups in total. The highest BCUT2D eigenvalue weighted by Gasteiger charge is 2.17. The van der Waals surface area contributed by atoms with Crippen molar-refractivity contribution in [3.05, 3.63) is 47.4 Å². The molecule has 2 aromatic heterocycles. The molecule has 0 atom stereocenters. The van der Waals surface area contributed by atoms with Gasteiger partial charge in [0.25, 0.3) is 0 Å². The molecule has 1 aromatic carbocycles. The maximum Gasteiger partial charge on any atom is 0.239 e. The third kappa shape index (κ3) is 2.64. The van der Waals surface area contributed by atoms with Crippen LogP contribution in [0.5, 0.6) is 0 Å². The first-order valence-electron chi connectivity index (χ1n) is 7.08. The molecule has 8 heteroatoms. The van der Waals surface area contributed by atoms with Crippen LogP contribution in [0.1, 0.15) is 18.1 Å². The number of rotatable bonds is 3. The van der Waals surface area contributed by atoms with Crippen LogP contribution in [-0.2, 0) is 16.4 Å². The first-order valence-corrected chi connectivity index (χ1v) is 8.63. The van der Waals surface area contributed by atoms with Gasteiger partial charge in [-0.15, -0.1) is 0 Å². The molecule has 0 amide bonds. The zero-order valence-electron chi connectivity index (χ0n) is 12.7. The number of sulfonamides is 1. The van der Waals surface area contributed by atoms with Gasteiger partial charge in [-0.2, -0.15) is 5.26 Å². The van der Waals surface area contributed by atoms with Crippen molar-refractivity contribution in [1.29, 1.82) is 5.26 Å². The molecule has 0 aliphatic carbocycles. The molecule has 24 heavy (non-hydrogen) atoms. The predicted octanol–water partition coefficient (Wildman–Crippen LogP) is 2.45. The van der Waals surface area contributed by atoms with Crippen LogP contribution in [0, 0.1) is 17.1 Å². The average Bonchev–Trinajstić information content (AvgIpc) is 2.90. The van der Waals surface area contributed by atoms with E-state index in [1.165, 1.54) is 18.2 Å². The van der Waals surface area contributed by atoms with E-state index in [4.69, 9.17) is 5.14 Å². The minimum Gasteiger partial charge on any atom is -0.352 e. The summed E-state index contributed by atoms with van der Waals surface area (Å²) in [5.41, 5.74) is 2.19. The molecule has 0 saturated carbocycles. The van der Waals surface area contributed by atoms with E-state index >= 15 is 0 Å². The number of nitriles is 1. The Hall–Kier alpha value is -2.76. The van der Waals surface area contributed by atoms with Gasteiger partial charge in [0.1, 0.15) is 16.8 Å². The highest BCUT2D eigenvalue weighted by atomic mass is 32.2. The van der Waals surface area contributed by atoms with Crippen LogP contribution in [0.25, 0.3) is 22.3 Å². The van der Waals surface area contributed by atoms with Gasteiger partial charge in [0, 0.05) is 17.1 Å². The maximum atomic E-state index is 14.0. The summed E-state index contributed by atoms with van der Waals surface area (Å²) >= 11 is 0. The molecular formula is C16H13FN4O2S. The van der Waals surface area contributed by atoms with Gasteiger partial charge in [-0.05, 0) is 36.2 Å². The zero-order valence-corrected chi connectivity index (χ0v) is 13.5. The van der Waals surface area contributed by atoms with E-state index in [1.54, 1.807) is 6.07 Å². The van der Waals surface area contributed by atoms with Gasteiger partial charge in [0.15, 0.2) is 0 Å². The summed E-state index contributed by atoms with van der Waals surface area (Å²) < 4.78 is 36.6. The summed E-state index contributed by atoms with van der Waals surface area (Å²) in [6.07, 6.45) is 1.65. The van der Waals surface area contributed by atoms with E-state index in [-0.39, 0.29) is 16.3 Å². The fraction of sp³-hybridized carbons (Fsp3) is 0.125. The normalized spacial score (nSPS) is 11.6. The van der Waals surface area contributed by atoms with E-state index in [1.807, 2.05) is 13.0 Å². The van der Waals surface area contributed by atoms with Gasteiger partial charge >= 0.3 is 0 Å². The van der Waals surface area contributed by atoms with Crippen molar-refractivity contribution < 1.29 is 12.8 Å². The van der Waals surface area contributed by atoms with Crippen LogP contribution in [0.4, 0.5) is 4.39 Å². The third-order valence-corrected chi connectivity index (χ3v) is 4.68. The number of nitrogens with zero attached hydrogens (tertiary/aromatic N) is 2. The molecule has 0 fully saturated rings. The van der Waals surface area contributed by atoms with Crippen molar-refractivity contribution in [3.8, 4) is 17.5 Å². The topological polar surface area (TPSA) is 113 Å². The Morgan fingerprint density at radius 3 is 2.67 bits per heavy atom. The number of hydrogen-bond donors (Lipinski definition) is 2. The van der Waals surface area contributed by atoms with E-state index in [2.05, 4.69) is 9.97 Å². The lowest BCUT2D eigenvalue weighted by molar-refractivity contribution is 0.597. The molecule has 122 valence electrons. The number of nitrogens with one attached hydrogen (secondary N) is 1. The number of hydrogen-bond acceptors (Lipinski definition) is 4. The lowest BCUT2D eigenvalue weighted by atomic mass is 10.1. The maximum absolute atomic E-state index is 14.0. The molecule has 0 aliphatic heterocycles. The smallest absolute Gasteiger partial charge is 0.239 e. The summed E-state index contributed by atoms with van der Waals surface area (Å²) in [6, 6.07) is 7.79. The van der Waals surface area contributed by atoms with Gasteiger partial charge in [-0.1, -0.05) is 6.92 Å². The predicted molar refractivity (Wildman–Crippen MR) is 87.0 cm³/mol. The van der Waals surface area contributed by atoms with Crippen molar-refractivity contribution in [2.45, 2.75) is 18.2 Å². The monoisotopic (exact) mass is 344 g/mol. The number of aromatic amines is 1. The summed E-state index contributed by atoms with van der Waals surface area (Å²) in [5.74, 6) is -0.371. The van der Waals surface area contributed by atoms with Gasteiger partial charge < -0.3 is 4.98 Å². The summed E-state index contributed by atoms with van der Waals surface area (Å²) in [5, 5.41) is 14.9. The van der Waals surface area contributed by atoms with E-state index in [0.717, 1.165) is 6.20 Å². The van der Waals surface area contributed by atoms with Gasteiger partial charge in [-0.3, -0.25) is 4.98 Å². The molecule has 0 radical (unpaired) electrons. The Bertz CT molecular complexity index is 1080. The lowest BCUT2D eigenvalue weighted by Crippen LogP contribution is -2.12. The number of H-pyrrole nitrogens is 1. The second-order valence-electron chi connectivity index (χ2n) is 5.25. The Morgan fingerprint density at radius 2 is 2.12 bits per heavy atom. The van der Waals surface area contributed by atoms with E-state index in [0.29, 0.717) is 34.3 Å². The minimum atomic E-state index is -3.84. The van der Waals surface area contributed by atoms with E-state index < -0.39 is 10.0 Å². The largest absolute Gasteiger partial charge is 0.352 e. The first kappa shape index (κ1) is 16.1. The van der Waals surface area contributed by atoms with Gasteiger partial charge in [0.2, 0.25) is 10.0 Å². The molecule has 0 bridgehead atoms. The van der Waals surface area contributed by atoms with Gasteiger partial charge in [0.05, 0.1) is 17.0 Å². The van der Waals surface area contributed by atoms with Crippen molar-refractivity contribution in [2.75, 3.05) is 0 Å². The zero-order chi connectivity index (χ0) is 17.5. The summed E-state index contributed by atoms with van der Waals surface area (Å²) in [6.45, 7) is 1.84. The number of fused-ring (bicyclic) bond motifs is 1. The summed E-state index contributed by atoms with van der Waals surface area (Å²) in [4.78, 5) is 6.98. The molecule has 0 aliphatic rings. The van der Waals surface area contributed by atoms with Crippen LogP contribution >= 0.6 is 0 Å². The number of benzene rings is 1. The fourth-order valence-corrected chi connectivity index (χ4v) is 2.99. The Labute approximate surface area is 137 Å². The number of nitrogens with two attached hydrogens (primary N) is 1. The number of pyridine rings is 1. The second-order valence-corrected chi connectivity index (χ2v) is 6.82. The average molecular weight is 344 g/mol. The summed E-state index contributed by atoms with van der Waals surface area (Å²) in [7, 11) is -3.84.